The Morgan fingerprint density at radius 2 is 2.00 bits per heavy atom. The van der Waals surface area contributed by atoms with Gasteiger partial charge in [0.2, 0.25) is 10.0 Å². The summed E-state index contributed by atoms with van der Waals surface area (Å²) in [5.74, 6) is 0.418. The number of sulfonamides is 1. The van der Waals surface area contributed by atoms with Gasteiger partial charge in [-0.15, -0.1) is 0 Å². The Balaban J connectivity index is 1.55. The van der Waals surface area contributed by atoms with E-state index in [2.05, 4.69) is 15.5 Å². The highest BCUT2D eigenvalue weighted by Gasteiger charge is 2.26. The van der Waals surface area contributed by atoms with E-state index in [1.807, 2.05) is 6.07 Å². The van der Waals surface area contributed by atoms with E-state index in [1.54, 1.807) is 19.2 Å². The van der Waals surface area contributed by atoms with Crippen LogP contribution in [0.1, 0.15) is 43.2 Å². The quantitative estimate of drug-likeness (QED) is 0.355. The zero-order valence-corrected chi connectivity index (χ0v) is 20.4. The smallest absolute Gasteiger partial charge is 0.279 e. The molecule has 0 radical (unpaired) electrons. The van der Waals surface area contributed by atoms with Gasteiger partial charge in [-0.05, 0) is 42.5 Å². The van der Waals surface area contributed by atoms with Gasteiger partial charge < -0.3 is 20.0 Å². The van der Waals surface area contributed by atoms with E-state index in [-0.39, 0.29) is 36.4 Å². The molecule has 2 aliphatic rings. The van der Waals surface area contributed by atoms with E-state index >= 15 is 0 Å². The fourth-order valence-electron chi connectivity index (χ4n) is 3.76. The zero-order chi connectivity index (χ0) is 24.8. The van der Waals surface area contributed by atoms with E-state index < -0.39 is 15.9 Å². The molecule has 2 N–H and O–H groups in total. The molecular formula is C24H30N4O6S. The summed E-state index contributed by atoms with van der Waals surface area (Å²) in [6.07, 6.45) is 4.49. The lowest BCUT2D eigenvalue weighted by atomic mass is 10.1. The van der Waals surface area contributed by atoms with Crippen LogP contribution in [0.3, 0.4) is 0 Å². The highest BCUT2D eigenvalue weighted by atomic mass is 32.2. The van der Waals surface area contributed by atoms with Crippen molar-refractivity contribution in [2.45, 2.75) is 43.1 Å². The number of nitrogens with one attached hydrogen (secondary N) is 1. The number of aliphatic hydroxyl groups is 1. The van der Waals surface area contributed by atoms with Gasteiger partial charge in [-0.3, -0.25) is 4.79 Å². The molecule has 1 aliphatic carbocycles. The number of nitrogens with zero attached hydrogens (tertiary/aromatic N) is 3. The number of oxime groups is 1. The largest absolute Gasteiger partial charge is 0.395 e. The monoisotopic (exact) mass is 502 g/mol. The topological polar surface area (TPSA) is 130 Å². The summed E-state index contributed by atoms with van der Waals surface area (Å²) in [6.45, 7) is 2.60. The second-order valence-corrected chi connectivity index (χ2v) is 10.4. The molecular weight excluding hydrogens is 472 g/mol. The first-order chi connectivity index (χ1) is 16.9. The summed E-state index contributed by atoms with van der Waals surface area (Å²) < 4.78 is 32.2. The van der Waals surface area contributed by atoms with Crippen LogP contribution in [-0.2, 0) is 24.4 Å². The fraction of sp³-hybridized carbons (Fsp3) is 0.458. The first kappa shape index (κ1) is 25.2. The van der Waals surface area contributed by atoms with Crippen LogP contribution in [0.25, 0.3) is 0 Å². The van der Waals surface area contributed by atoms with Gasteiger partial charge in [0.05, 0.1) is 24.7 Å². The van der Waals surface area contributed by atoms with Gasteiger partial charge in [0, 0.05) is 31.3 Å². The van der Waals surface area contributed by atoms with Crippen LogP contribution in [0.2, 0.25) is 0 Å². The number of aromatic nitrogens is 1. The molecule has 10 nitrogen and oxygen atoms in total. The number of pyridine rings is 1. The number of likely N-dealkylation sites (N-methyl/N-ethyl adjacent to an activating group) is 1. The number of hydrogen-bond acceptors (Lipinski definition) is 8. The molecule has 1 aliphatic heterocycles. The third kappa shape index (κ3) is 6.23. The van der Waals surface area contributed by atoms with Crippen LogP contribution in [0.5, 0.6) is 0 Å². The third-order valence-corrected chi connectivity index (χ3v) is 7.93. The molecule has 4 rings (SSSR count). The summed E-state index contributed by atoms with van der Waals surface area (Å²) in [6, 6.07) is 9.55. The second-order valence-electron chi connectivity index (χ2n) is 8.48. The average molecular weight is 503 g/mol. The number of carbonyl (C=O) groups is 1. The minimum Gasteiger partial charge on any atom is -0.395 e. The standard InChI is InChI=1S/C24H30N4O6S/c1-2-28(12-13-29)35(31,32)21-8-5-18(6-9-21)23(27-34-20-11-14-33-16-20)24(30)26-22-10-7-19(15-25-22)17-3-4-17/h5-10,15,17,20,29H,2-4,11-14,16H2,1H3,(H,25,26,30)/b27-23+/t20-/m1/s1. The van der Waals surface area contributed by atoms with Gasteiger partial charge in [-0.2, -0.15) is 4.31 Å². The molecule has 35 heavy (non-hydrogen) atoms. The molecule has 2 aromatic rings. The lowest BCUT2D eigenvalue weighted by Crippen LogP contribution is -2.33. The maximum absolute atomic E-state index is 13.1. The molecule has 1 atom stereocenters. The normalized spacial score (nSPS) is 18.6. The molecule has 1 aromatic heterocycles. The number of rotatable bonds is 11. The number of aliphatic hydroxyl groups excluding tert-OH is 1. The summed E-state index contributed by atoms with van der Waals surface area (Å²) in [5.41, 5.74) is 1.54. The lowest BCUT2D eigenvalue weighted by Gasteiger charge is -2.19. The van der Waals surface area contributed by atoms with Crippen LogP contribution in [-0.4, -0.2) is 73.4 Å². The van der Waals surface area contributed by atoms with Gasteiger partial charge >= 0.3 is 0 Å². The molecule has 0 unspecified atom stereocenters. The number of ether oxygens (including phenoxy) is 1. The molecule has 1 saturated heterocycles. The molecule has 188 valence electrons. The molecule has 1 amide bonds. The Bertz CT molecular complexity index is 1140. The number of carbonyl (C=O) groups excluding carboxylic acids is 1. The SMILES string of the molecule is CCN(CCO)S(=O)(=O)c1ccc(/C(=N\O[C@@H]2CCOC2)C(=O)Nc2ccc(C3CC3)cn2)cc1. The Morgan fingerprint density at radius 1 is 1.23 bits per heavy atom. The zero-order valence-electron chi connectivity index (χ0n) is 19.6. The van der Waals surface area contributed by atoms with E-state index in [0.717, 1.165) is 18.4 Å². The summed E-state index contributed by atoms with van der Waals surface area (Å²) in [5, 5.41) is 16.0. The van der Waals surface area contributed by atoms with E-state index in [1.165, 1.54) is 28.6 Å². The number of benzene rings is 1. The summed E-state index contributed by atoms with van der Waals surface area (Å²) in [4.78, 5) is 23.1. The van der Waals surface area contributed by atoms with Gasteiger partial charge in [-0.1, -0.05) is 30.3 Å². The van der Waals surface area contributed by atoms with Gasteiger partial charge in [0.15, 0.2) is 11.8 Å². The van der Waals surface area contributed by atoms with E-state index in [9.17, 15) is 18.3 Å². The maximum atomic E-state index is 13.1. The van der Waals surface area contributed by atoms with Crippen molar-refractivity contribution in [2.75, 3.05) is 38.2 Å². The second kappa shape index (κ2) is 11.3. The Morgan fingerprint density at radius 3 is 2.57 bits per heavy atom. The summed E-state index contributed by atoms with van der Waals surface area (Å²) in [7, 11) is -3.78. The highest BCUT2D eigenvalue weighted by molar-refractivity contribution is 7.89. The fourth-order valence-corrected chi connectivity index (χ4v) is 5.20. The van der Waals surface area contributed by atoms with E-state index in [4.69, 9.17) is 9.57 Å². The first-order valence-corrected chi connectivity index (χ1v) is 13.2. The van der Waals surface area contributed by atoms with Crippen molar-refractivity contribution >= 4 is 27.5 Å². The molecule has 2 fully saturated rings. The number of anilines is 1. The van der Waals surface area contributed by atoms with Crippen molar-refractivity contribution in [2.24, 2.45) is 5.16 Å². The highest BCUT2D eigenvalue weighted by Crippen LogP contribution is 2.39. The van der Waals surface area contributed by atoms with Gasteiger partial charge in [0.1, 0.15) is 5.82 Å². The van der Waals surface area contributed by atoms with Crippen LogP contribution in [0.15, 0.2) is 52.6 Å². The van der Waals surface area contributed by atoms with Gasteiger partial charge in [0.25, 0.3) is 5.91 Å². The molecule has 2 heterocycles. The lowest BCUT2D eigenvalue weighted by molar-refractivity contribution is -0.110. The average Bonchev–Trinajstić information content (AvgIpc) is 3.58. The predicted molar refractivity (Wildman–Crippen MR) is 130 cm³/mol. The minimum absolute atomic E-state index is 0.000461. The number of amides is 1. The molecule has 0 bridgehead atoms. The number of hydrogen-bond donors (Lipinski definition) is 2. The van der Waals surface area contributed by atoms with Crippen LogP contribution in [0, 0.1) is 0 Å². The molecule has 1 aromatic carbocycles. The Kier molecular flexibility index (Phi) is 8.11. The predicted octanol–water partition coefficient (Wildman–Crippen LogP) is 2.11. The van der Waals surface area contributed by atoms with Crippen molar-refractivity contribution < 1.29 is 27.9 Å². The Hall–Kier alpha value is -2.86. The van der Waals surface area contributed by atoms with E-state index in [0.29, 0.717) is 36.9 Å². The molecule has 11 heteroatoms. The molecule has 1 saturated carbocycles. The van der Waals surface area contributed by atoms with Crippen molar-refractivity contribution in [1.29, 1.82) is 0 Å². The van der Waals surface area contributed by atoms with Crippen LogP contribution in [0.4, 0.5) is 5.82 Å². The van der Waals surface area contributed by atoms with Crippen molar-refractivity contribution in [3.63, 3.8) is 0 Å². The Labute approximate surface area is 205 Å². The summed E-state index contributed by atoms with van der Waals surface area (Å²) >= 11 is 0. The van der Waals surface area contributed by atoms with Crippen LogP contribution >= 0.6 is 0 Å². The van der Waals surface area contributed by atoms with Gasteiger partial charge in [-0.25, -0.2) is 13.4 Å². The third-order valence-electron chi connectivity index (χ3n) is 5.94. The van der Waals surface area contributed by atoms with Crippen molar-refractivity contribution in [1.82, 2.24) is 9.29 Å². The van der Waals surface area contributed by atoms with Crippen molar-refractivity contribution in [3.05, 3.63) is 53.7 Å². The maximum Gasteiger partial charge on any atom is 0.279 e. The molecule has 0 spiro atoms. The van der Waals surface area contributed by atoms with Crippen molar-refractivity contribution in [3.8, 4) is 0 Å². The first-order valence-electron chi connectivity index (χ1n) is 11.7. The van der Waals surface area contributed by atoms with Crippen LogP contribution < -0.4 is 5.32 Å². The minimum atomic E-state index is -3.78.